The molecule has 4 aromatic carbocycles. The molecule has 0 atom stereocenters. The molecule has 0 radical (unpaired) electrons. The number of aryl methyl sites for hydroxylation is 4. The van der Waals surface area contributed by atoms with Gasteiger partial charge in [0.1, 0.15) is 11.1 Å². The summed E-state index contributed by atoms with van der Waals surface area (Å²) in [6, 6.07) is 32.8. The van der Waals surface area contributed by atoms with Gasteiger partial charge in [-0.25, -0.2) is 0 Å². The van der Waals surface area contributed by atoms with Gasteiger partial charge in [0, 0.05) is 67.0 Å². The Morgan fingerprint density at radius 1 is 0.448 bits per heavy atom. The second kappa shape index (κ2) is 21.9. The van der Waals surface area contributed by atoms with Crippen LogP contribution in [0.25, 0.3) is 0 Å². The third-order valence-corrected chi connectivity index (χ3v) is 16.7. The minimum Gasteiger partial charge on any atom is -0.368 e. The van der Waals surface area contributed by atoms with Crippen molar-refractivity contribution >= 4 is 46.2 Å². The van der Waals surface area contributed by atoms with Gasteiger partial charge in [-0.2, -0.15) is 0 Å². The number of nitrogens with two attached hydrogens (primary N) is 2. The maximum atomic E-state index is 12.5. The first kappa shape index (κ1) is 47.6. The standard InChI is InChI=1S/C28H37ClN4O.C28H38N4O/c29-24-12-11-23-10-9-22-7-2-3-8-25(22)33(26(23)21-24)18-6-15-31-19-13-28(14-20-31,27(30)34)32-16-4-1-5-17-32;29-27(33)28(31-18-6-1-7-19-31)15-21-30(22-16-28)17-8-20-32-25-11-4-2-9-23(25)13-14-24-10-3-5-12-26(24)32/h2-3,7-8,11-12,21H,1,4-6,9-10,13-20H2,(H2,30,34);2-5,9-12H,1,6-8,13-22H2,(H2,29,33). The largest absolute Gasteiger partial charge is 0.368 e. The molecule has 4 fully saturated rings. The van der Waals surface area contributed by atoms with Crippen LogP contribution < -0.4 is 21.3 Å². The molecule has 358 valence electrons. The second-order valence-corrected chi connectivity index (χ2v) is 20.7. The van der Waals surface area contributed by atoms with Crippen LogP contribution in [0.15, 0.2) is 91.0 Å². The van der Waals surface area contributed by atoms with Crippen LogP contribution in [0.3, 0.4) is 0 Å². The number of para-hydroxylation sites is 3. The first-order valence-electron chi connectivity index (χ1n) is 25.9. The van der Waals surface area contributed by atoms with Crippen molar-refractivity contribution < 1.29 is 9.59 Å². The highest BCUT2D eigenvalue weighted by Crippen LogP contribution is 2.39. The molecule has 2 amide bonds. The molecular weight excluding hydrogens is 852 g/mol. The lowest BCUT2D eigenvalue weighted by Crippen LogP contribution is -2.63. The summed E-state index contributed by atoms with van der Waals surface area (Å²) >= 11 is 6.42. The molecule has 67 heavy (non-hydrogen) atoms. The molecule has 6 heterocycles. The number of carbonyl (C=O) groups is 2. The summed E-state index contributed by atoms with van der Waals surface area (Å²) in [5, 5.41) is 0.791. The van der Waals surface area contributed by atoms with E-state index < -0.39 is 11.1 Å². The van der Waals surface area contributed by atoms with Crippen LogP contribution in [-0.4, -0.2) is 121 Å². The number of primary amides is 2. The number of rotatable bonds is 12. The van der Waals surface area contributed by atoms with Crippen molar-refractivity contribution in [3.05, 3.63) is 118 Å². The molecule has 0 aliphatic carbocycles. The van der Waals surface area contributed by atoms with Crippen LogP contribution in [0, 0.1) is 0 Å². The van der Waals surface area contributed by atoms with E-state index in [0.717, 1.165) is 148 Å². The van der Waals surface area contributed by atoms with E-state index in [1.54, 1.807) is 0 Å². The molecule has 4 aromatic rings. The average Bonchev–Trinajstić information content (AvgIpc) is 3.63. The maximum Gasteiger partial charge on any atom is 0.238 e. The fourth-order valence-electron chi connectivity index (χ4n) is 12.5. The quantitative estimate of drug-likeness (QED) is 0.145. The number of halogens is 1. The highest BCUT2D eigenvalue weighted by molar-refractivity contribution is 6.30. The molecule has 0 unspecified atom stereocenters. The summed E-state index contributed by atoms with van der Waals surface area (Å²) in [6.07, 6.45) is 17.2. The maximum absolute atomic E-state index is 12.5. The van der Waals surface area contributed by atoms with E-state index in [-0.39, 0.29) is 11.8 Å². The highest BCUT2D eigenvalue weighted by atomic mass is 35.5. The molecule has 6 aliphatic rings. The van der Waals surface area contributed by atoms with E-state index in [4.69, 9.17) is 23.1 Å². The lowest BCUT2D eigenvalue weighted by Gasteiger charge is -2.48. The number of benzene rings is 4. The summed E-state index contributed by atoms with van der Waals surface area (Å²) in [5.41, 5.74) is 22.0. The van der Waals surface area contributed by atoms with Crippen molar-refractivity contribution in [1.82, 2.24) is 19.6 Å². The molecule has 10 rings (SSSR count). The zero-order valence-electron chi connectivity index (χ0n) is 40.0. The molecule has 0 saturated carbocycles. The van der Waals surface area contributed by atoms with E-state index in [0.29, 0.717) is 0 Å². The number of amides is 2. The number of hydrogen-bond donors (Lipinski definition) is 2. The van der Waals surface area contributed by atoms with E-state index in [2.05, 4.69) is 114 Å². The zero-order valence-corrected chi connectivity index (χ0v) is 40.7. The summed E-state index contributed by atoms with van der Waals surface area (Å²) in [4.78, 5) is 39.9. The summed E-state index contributed by atoms with van der Waals surface area (Å²) in [6.45, 7) is 12.0. The van der Waals surface area contributed by atoms with Gasteiger partial charge in [-0.05, 0) is 182 Å². The lowest BCUT2D eigenvalue weighted by atomic mass is 9.83. The van der Waals surface area contributed by atoms with Crippen molar-refractivity contribution in [2.45, 2.75) is 114 Å². The van der Waals surface area contributed by atoms with Crippen molar-refractivity contribution in [3.63, 3.8) is 0 Å². The first-order valence-corrected chi connectivity index (χ1v) is 26.2. The Morgan fingerprint density at radius 2 is 0.806 bits per heavy atom. The van der Waals surface area contributed by atoms with Crippen molar-refractivity contribution in [2.75, 3.05) is 88.3 Å². The smallest absolute Gasteiger partial charge is 0.238 e. The second-order valence-electron chi connectivity index (χ2n) is 20.2. The predicted octanol–water partition coefficient (Wildman–Crippen LogP) is 8.89. The Hall–Kier alpha value is -4.45. The zero-order chi connectivity index (χ0) is 46.2. The van der Waals surface area contributed by atoms with Gasteiger partial charge < -0.3 is 31.1 Å². The number of anilines is 4. The minimum atomic E-state index is -0.434. The Morgan fingerprint density at radius 3 is 1.19 bits per heavy atom. The van der Waals surface area contributed by atoms with Gasteiger partial charge in [-0.15, -0.1) is 0 Å². The lowest BCUT2D eigenvalue weighted by molar-refractivity contribution is -0.135. The van der Waals surface area contributed by atoms with Crippen LogP contribution in [0.4, 0.5) is 22.7 Å². The van der Waals surface area contributed by atoms with Crippen LogP contribution in [0.5, 0.6) is 0 Å². The first-order chi connectivity index (χ1) is 32.7. The fourth-order valence-corrected chi connectivity index (χ4v) is 12.7. The number of carbonyl (C=O) groups excluding carboxylic acids is 2. The number of likely N-dealkylation sites (tertiary alicyclic amines) is 4. The molecule has 0 spiro atoms. The molecule has 4 N–H and O–H groups in total. The normalized spacial score (nSPS) is 21.0. The SMILES string of the molecule is NC(=O)C1(N2CCCCC2)CCN(CCCN2c3ccccc3CCc3ccc(Cl)cc32)CC1.NC(=O)C1(N2CCCCC2)CCN(CCCN2c3ccccc3CCc3ccccc32)CC1. The minimum absolute atomic E-state index is 0.109. The number of piperidine rings is 4. The van der Waals surface area contributed by atoms with Gasteiger partial charge in [-0.1, -0.05) is 85.1 Å². The fraction of sp³-hybridized carbons (Fsp3) is 0.536. The van der Waals surface area contributed by atoms with Crippen LogP contribution >= 0.6 is 11.6 Å². The molecule has 0 aromatic heterocycles. The average molecular weight is 928 g/mol. The molecule has 6 aliphatic heterocycles. The van der Waals surface area contributed by atoms with Crippen LogP contribution in [-0.2, 0) is 35.3 Å². The number of nitrogens with zero attached hydrogens (tertiary/aromatic N) is 6. The van der Waals surface area contributed by atoms with Crippen LogP contribution in [0.1, 0.15) is 99.3 Å². The summed E-state index contributed by atoms with van der Waals surface area (Å²) < 4.78 is 0. The number of hydrogen-bond acceptors (Lipinski definition) is 8. The van der Waals surface area contributed by atoms with Crippen molar-refractivity contribution in [1.29, 1.82) is 0 Å². The summed E-state index contributed by atoms with van der Waals surface area (Å²) in [5.74, 6) is -0.231. The topological polar surface area (TPSA) is 106 Å². The molecule has 4 saturated heterocycles. The van der Waals surface area contributed by atoms with E-state index in [9.17, 15) is 9.59 Å². The van der Waals surface area contributed by atoms with Gasteiger partial charge in [0.25, 0.3) is 0 Å². The Bertz CT molecular complexity index is 2240. The highest BCUT2D eigenvalue weighted by Gasteiger charge is 2.46. The molecule has 11 heteroatoms. The van der Waals surface area contributed by atoms with E-state index in [1.165, 1.54) is 83.5 Å². The monoisotopic (exact) mass is 927 g/mol. The van der Waals surface area contributed by atoms with Gasteiger partial charge in [0.2, 0.25) is 11.8 Å². The predicted molar refractivity (Wildman–Crippen MR) is 275 cm³/mol. The van der Waals surface area contributed by atoms with Crippen LogP contribution in [0.2, 0.25) is 5.02 Å². The molecule has 0 bridgehead atoms. The van der Waals surface area contributed by atoms with Crippen molar-refractivity contribution in [3.8, 4) is 0 Å². The van der Waals surface area contributed by atoms with Gasteiger partial charge in [-0.3, -0.25) is 19.4 Å². The van der Waals surface area contributed by atoms with Crippen molar-refractivity contribution in [2.24, 2.45) is 11.5 Å². The van der Waals surface area contributed by atoms with Gasteiger partial charge in [0.05, 0.1) is 0 Å². The van der Waals surface area contributed by atoms with Gasteiger partial charge >= 0.3 is 0 Å². The third kappa shape index (κ3) is 10.6. The Kier molecular flexibility index (Phi) is 15.5. The number of fused-ring (bicyclic) bond motifs is 4. The molecule has 10 nitrogen and oxygen atoms in total. The Balaban J connectivity index is 0.000000168. The Labute approximate surface area is 405 Å². The van der Waals surface area contributed by atoms with E-state index >= 15 is 0 Å². The summed E-state index contributed by atoms with van der Waals surface area (Å²) in [7, 11) is 0. The van der Waals surface area contributed by atoms with Gasteiger partial charge in [0.15, 0.2) is 0 Å². The third-order valence-electron chi connectivity index (χ3n) is 16.4. The van der Waals surface area contributed by atoms with E-state index in [1.807, 2.05) is 6.07 Å². The molecular formula is C56H75ClN8O2.